The van der Waals surface area contributed by atoms with Crippen molar-refractivity contribution in [3.63, 3.8) is 0 Å². The van der Waals surface area contributed by atoms with Crippen LogP contribution in [-0.2, 0) is 20.3 Å². The Morgan fingerprint density at radius 1 is 1.27 bits per heavy atom. The number of halogens is 1. The van der Waals surface area contributed by atoms with E-state index in [1.165, 1.54) is 4.57 Å². The lowest BCUT2D eigenvalue weighted by molar-refractivity contribution is 0.225. The molecule has 0 bridgehead atoms. The predicted molar refractivity (Wildman–Crippen MR) is 105 cm³/mol. The van der Waals surface area contributed by atoms with Gasteiger partial charge in [-0.1, -0.05) is 12.1 Å². The van der Waals surface area contributed by atoms with Crippen LogP contribution in [0, 0.1) is 4.77 Å². The first kappa shape index (κ1) is 17.2. The fourth-order valence-corrected chi connectivity index (χ4v) is 3.64. The van der Waals surface area contributed by atoms with Crippen LogP contribution in [-0.4, -0.2) is 30.7 Å². The van der Waals surface area contributed by atoms with Crippen molar-refractivity contribution in [1.82, 2.24) is 23.6 Å². The van der Waals surface area contributed by atoms with Crippen LogP contribution in [0.4, 0.5) is 0 Å². The maximum absolute atomic E-state index is 12.6. The molecule has 0 saturated heterocycles. The second kappa shape index (κ2) is 6.49. The second-order valence-electron chi connectivity index (χ2n) is 6.16. The molecule has 0 N–H and O–H groups in total. The SMILES string of the molecule is CN(Cc1ccc(Br)o1)Cn1nc2n(C)c(=O)c3ccccc3n2c1=S. The van der Waals surface area contributed by atoms with Crippen LogP contribution in [0.2, 0.25) is 0 Å². The van der Waals surface area contributed by atoms with Gasteiger partial charge >= 0.3 is 0 Å². The van der Waals surface area contributed by atoms with E-state index in [9.17, 15) is 4.79 Å². The van der Waals surface area contributed by atoms with Crippen LogP contribution in [0.1, 0.15) is 5.76 Å². The van der Waals surface area contributed by atoms with Crippen molar-refractivity contribution >= 4 is 44.8 Å². The van der Waals surface area contributed by atoms with E-state index in [0.29, 0.717) is 33.8 Å². The first-order valence-corrected chi connectivity index (χ1v) is 9.16. The number of furan rings is 1. The monoisotopic (exact) mass is 433 g/mol. The van der Waals surface area contributed by atoms with Crippen molar-refractivity contribution in [2.75, 3.05) is 7.05 Å². The third kappa shape index (κ3) is 2.81. The molecule has 0 aliphatic heterocycles. The predicted octanol–water partition coefficient (Wildman–Crippen LogP) is 3.16. The highest BCUT2D eigenvalue weighted by atomic mass is 79.9. The van der Waals surface area contributed by atoms with Crippen LogP contribution in [0.25, 0.3) is 16.7 Å². The molecule has 0 spiro atoms. The molecule has 0 atom stereocenters. The minimum absolute atomic E-state index is 0.0889. The van der Waals surface area contributed by atoms with Crippen molar-refractivity contribution < 1.29 is 4.42 Å². The van der Waals surface area contributed by atoms with Crippen LogP contribution >= 0.6 is 28.1 Å². The van der Waals surface area contributed by atoms with Crippen LogP contribution < -0.4 is 5.56 Å². The Morgan fingerprint density at radius 3 is 2.77 bits per heavy atom. The lowest BCUT2D eigenvalue weighted by atomic mass is 10.2. The topological polar surface area (TPSA) is 60.6 Å². The quantitative estimate of drug-likeness (QED) is 0.462. The second-order valence-corrected chi connectivity index (χ2v) is 7.31. The van der Waals surface area contributed by atoms with Crippen LogP contribution in [0.5, 0.6) is 0 Å². The molecule has 4 rings (SSSR count). The summed E-state index contributed by atoms with van der Waals surface area (Å²) in [5.41, 5.74) is 0.675. The van der Waals surface area contributed by atoms with E-state index in [0.717, 1.165) is 11.3 Å². The molecule has 0 saturated carbocycles. The summed E-state index contributed by atoms with van der Waals surface area (Å²) >= 11 is 8.94. The van der Waals surface area contributed by atoms with E-state index in [4.69, 9.17) is 16.6 Å². The van der Waals surface area contributed by atoms with E-state index in [1.807, 2.05) is 46.7 Å². The Morgan fingerprint density at radius 2 is 2.04 bits per heavy atom. The van der Waals surface area contributed by atoms with Gasteiger partial charge in [0.2, 0.25) is 10.5 Å². The van der Waals surface area contributed by atoms with Crippen molar-refractivity contribution in [2.24, 2.45) is 7.05 Å². The van der Waals surface area contributed by atoms with Crippen LogP contribution in [0.15, 0.2) is 50.3 Å². The Bertz CT molecular complexity index is 1240. The summed E-state index contributed by atoms with van der Waals surface area (Å²) in [6, 6.07) is 11.2. The van der Waals surface area contributed by atoms with E-state index in [1.54, 1.807) is 17.8 Å². The average Bonchev–Trinajstić information content (AvgIpc) is 3.16. The van der Waals surface area contributed by atoms with Crippen LogP contribution in [0.3, 0.4) is 0 Å². The van der Waals surface area contributed by atoms with E-state index >= 15 is 0 Å². The highest BCUT2D eigenvalue weighted by Crippen LogP contribution is 2.16. The molecule has 9 heteroatoms. The van der Waals surface area contributed by atoms with Gasteiger partial charge in [-0.3, -0.25) is 18.7 Å². The Labute approximate surface area is 162 Å². The molecule has 0 unspecified atom stereocenters. The highest BCUT2D eigenvalue weighted by molar-refractivity contribution is 9.10. The molecule has 1 aromatic carbocycles. The number of benzene rings is 1. The third-order valence-corrected chi connectivity index (χ3v) is 5.05. The van der Waals surface area contributed by atoms with Gasteiger partial charge in [0, 0.05) is 7.05 Å². The standard InChI is InChI=1S/C17H16BrN5O2S/c1-20(9-11-7-8-14(18)25-11)10-22-17(26)23-13-6-4-3-5-12(13)15(24)21(2)16(23)19-22/h3-8H,9-10H2,1-2H3. The van der Waals surface area contributed by atoms with Gasteiger partial charge in [-0.2, -0.15) is 0 Å². The normalized spacial score (nSPS) is 11.8. The molecule has 0 amide bonds. The maximum Gasteiger partial charge on any atom is 0.262 e. The lowest BCUT2D eigenvalue weighted by Crippen LogP contribution is -2.22. The Balaban J connectivity index is 1.78. The fraction of sp³-hybridized carbons (Fsp3) is 0.235. The maximum atomic E-state index is 12.6. The number of nitrogens with zero attached hydrogens (tertiary/aromatic N) is 5. The van der Waals surface area contributed by atoms with E-state index in [2.05, 4.69) is 21.0 Å². The molecule has 0 aliphatic rings. The smallest absolute Gasteiger partial charge is 0.262 e. The van der Waals surface area contributed by atoms with Gasteiger partial charge in [0.15, 0.2) is 4.67 Å². The van der Waals surface area contributed by atoms with Crippen molar-refractivity contribution in [3.8, 4) is 0 Å². The number of fused-ring (bicyclic) bond motifs is 3. The molecule has 26 heavy (non-hydrogen) atoms. The minimum atomic E-state index is -0.0889. The summed E-state index contributed by atoms with van der Waals surface area (Å²) in [5.74, 6) is 1.36. The van der Waals surface area contributed by atoms with Gasteiger partial charge in [0.05, 0.1) is 24.1 Å². The first-order valence-electron chi connectivity index (χ1n) is 7.96. The van der Waals surface area contributed by atoms with Gasteiger partial charge in [-0.25, -0.2) is 4.68 Å². The summed E-state index contributed by atoms with van der Waals surface area (Å²) in [7, 11) is 3.67. The van der Waals surface area contributed by atoms with Crippen molar-refractivity contribution in [3.05, 3.63) is 62.0 Å². The molecule has 0 aliphatic carbocycles. The Kier molecular flexibility index (Phi) is 4.29. The summed E-state index contributed by atoms with van der Waals surface area (Å²) < 4.78 is 11.9. The molecule has 0 fully saturated rings. The number of hydrogen-bond acceptors (Lipinski definition) is 5. The zero-order valence-corrected chi connectivity index (χ0v) is 16.6. The van der Waals surface area contributed by atoms with E-state index in [-0.39, 0.29) is 5.56 Å². The summed E-state index contributed by atoms with van der Waals surface area (Å²) in [5, 5.41) is 5.18. The molecular weight excluding hydrogens is 418 g/mol. The minimum Gasteiger partial charge on any atom is -0.453 e. The van der Waals surface area contributed by atoms with Gasteiger partial charge in [-0.15, -0.1) is 5.10 Å². The van der Waals surface area contributed by atoms with Gasteiger partial charge in [-0.05, 0) is 59.5 Å². The molecule has 3 aromatic heterocycles. The summed E-state index contributed by atoms with van der Waals surface area (Å²) in [6.45, 7) is 1.09. The molecule has 3 heterocycles. The van der Waals surface area contributed by atoms with Gasteiger partial charge in [0.25, 0.3) is 5.56 Å². The first-order chi connectivity index (χ1) is 12.5. The lowest BCUT2D eigenvalue weighted by Gasteiger charge is -2.14. The largest absolute Gasteiger partial charge is 0.453 e. The number of aromatic nitrogens is 4. The Hall–Kier alpha value is -2.23. The fourth-order valence-electron chi connectivity index (χ4n) is 3.02. The van der Waals surface area contributed by atoms with Gasteiger partial charge in [0.1, 0.15) is 5.76 Å². The van der Waals surface area contributed by atoms with Gasteiger partial charge < -0.3 is 4.42 Å². The number of aryl methyl sites for hydroxylation is 1. The zero-order chi connectivity index (χ0) is 18.4. The summed E-state index contributed by atoms with van der Waals surface area (Å²) in [4.78, 5) is 14.6. The van der Waals surface area contributed by atoms with Crippen molar-refractivity contribution in [2.45, 2.75) is 13.2 Å². The third-order valence-electron chi connectivity index (χ3n) is 4.23. The van der Waals surface area contributed by atoms with E-state index < -0.39 is 0 Å². The molecule has 4 aromatic rings. The molecular formula is C17H16BrN5O2S. The molecule has 134 valence electrons. The number of para-hydroxylation sites is 1. The molecule has 0 radical (unpaired) electrons. The van der Waals surface area contributed by atoms with Crippen molar-refractivity contribution in [1.29, 1.82) is 0 Å². The zero-order valence-electron chi connectivity index (χ0n) is 14.2. The highest BCUT2D eigenvalue weighted by Gasteiger charge is 2.14. The summed E-state index contributed by atoms with van der Waals surface area (Å²) in [6.07, 6.45) is 0. The average molecular weight is 434 g/mol. The molecule has 7 nitrogen and oxygen atoms in total. The number of rotatable bonds is 4. The number of hydrogen-bond donors (Lipinski definition) is 0.